The van der Waals surface area contributed by atoms with E-state index < -0.39 is 0 Å². The van der Waals surface area contributed by atoms with Crippen LogP contribution in [0.25, 0.3) is 0 Å². The summed E-state index contributed by atoms with van der Waals surface area (Å²) in [5.74, 6) is -0.170. The SMILES string of the molecule is CCOC(=O)CN(CC)Cc1nccs1. The maximum atomic E-state index is 11.3. The number of hydrogen-bond donors (Lipinski definition) is 0. The lowest BCUT2D eigenvalue weighted by atomic mass is 10.4. The van der Waals surface area contributed by atoms with Crippen molar-refractivity contribution in [2.75, 3.05) is 19.7 Å². The van der Waals surface area contributed by atoms with Gasteiger partial charge in [0.15, 0.2) is 0 Å². The van der Waals surface area contributed by atoms with E-state index in [1.807, 2.05) is 24.1 Å². The number of carbonyl (C=O) groups is 1. The third-order valence-corrected chi connectivity index (χ3v) is 2.71. The number of nitrogens with zero attached hydrogens (tertiary/aromatic N) is 2. The highest BCUT2D eigenvalue weighted by Gasteiger charge is 2.11. The number of thiazole rings is 1. The molecule has 0 aliphatic carbocycles. The van der Waals surface area contributed by atoms with Gasteiger partial charge >= 0.3 is 5.97 Å². The van der Waals surface area contributed by atoms with Gasteiger partial charge in [0.1, 0.15) is 5.01 Å². The largest absolute Gasteiger partial charge is 0.465 e. The molecule has 84 valence electrons. The molecule has 0 spiro atoms. The molecule has 0 unspecified atom stereocenters. The Morgan fingerprint density at radius 3 is 2.93 bits per heavy atom. The first-order valence-electron chi connectivity index (χ1n) is 5.02. The van der Waals surface area contributed by atoms with Gasteiger partial charge in [0.05, 0.1) is 19.7 Å². The summed E-state index contributed by atoms with van der Waals surface area (Å²) in [7, 11) is 0. The van der Waals surface area contributed by atoms with Crippen molar-refractivity contribution in [2.24, 2.45) is 0 Å². The molecule has 1 aromatic heterocycles. The molecule has 0 saturated carbocycles. The van der Waals surface area contributed by atoms with Crippen molar-refractivity contribution in [2.45, 2.75) is 20.4 Å². The van der Waals surface area contributed by atoms with E-state index in [1.54, 1.807) is 17.5 Å². The monoisotopic (exact) mass is 228 g/mol. The summed E-state index contributed by atoms with van der Waals surface area (Å²) in [5, 5.41) is 2.97. The Labute approximate surface area is 93.9 Å². The van der Waals surface area contributed by atoms with Crippen LogP contribution in [0, 0.1) is 0 Å². The van der Waals surface area contributed by atoms with Crippen molar-refractivity contribution in [3.8, 4) is 0 Å². The first-order chi connectivity index (χ1) is 7.26. The molecule has 0 aromatic carbocycles. The van der Waals surface area contributed by atoms with E-state index in [0.29, 0.717) is 19.7 Å². The highest BCUT2D eigenvalue weighted by atomic mass is 32.1. The molecule has 0 aliphatic heterocycles. The Balaban J connectivity index is 2.39. The number of carbonyl (C=O) groups excluding carboxylic acids is 1. The summed E-state index contributed by atoms with van der Waals surface area (Å²) in [6, 6.07) is 0. The van der Waals surface area contributed by atoms with Gasteiger partial charge in [-0.3, -0.25) is 9.69 Å². The molecule has 1 rings (SSSR count). The fraction of sp³-hybridized carbons (Fsp3) is 0.600. The number of rotatable bonds is 6. The number of aromatic nitrogens is 1. The second kappa shape index (κ2) is 6.53. The Kier molecular flexibility index (Phi) is 5.28. The first-order valence-corrected chi connectivity index (χ1v) is 5.90. The molecule has 1 heterocycles. The Morgan fingerprint density at radius 2 is 2.40 bits per heavy atom. The molecule has 1 aromatic rings. The minimum absolute atomic E-state index is 0.170. The quantitative estimate of drug-likeness (QED) is 0.692. The van der Waals surface area contributed by atoms with Crippen molar-refractivity contribution < 1.29 is 9.53 Å². The number of esters is 1. The summed E-state index contributed by atoms with van der Waals surface area (Å²) in [6.07, 6.45) is 1.78. The molecule has 0 saturated heterocycles. The van der Waals surface area contributed by atoms with Gasteiger partial charge in [-0.1, -0.05) is 6.92 Å². The summed E-state index contributed by atoms with van der Waals surface area (Å²) >= 11 is 1.60. The van der Waals surface area contributed by atoms with Gasteiger partial charge < -0.3 is 4.74 Å². The van der Waals surface area contributed by atoms with Gasteiger partial charge in [0.25, 0.3) is 0 Å². The van der Waals surface area contributed by atoms with Crippen LogP contribution in [0.1, 0.15) is 18.9 Å². The van der Waals surface area contributed by atoms with Crippen LogP contribution in [-0.4, -0.2) is 35.5 Å². The highest BCUT2D eigenvalue weighted by molar-refractivity contribution is 7.09. The van der Waals surface area contributed by atoms with Crippen LogP contribution in [0.2, 0.25) is 0 Å². The smallest absolute Gasteiger partial charge is 0.320 e. The van der Waals surface area contributed by atoms with Crippen molar-refractivity contribution in [3.05, 3.63) is 16.6 Å². The molecule has 5 heteroatoms. The standard InChI is InChI=1S/C10H16N2O2S/c1-3-12(8-10(13)14-4-2)7-9-11-5-6-15-9/h5-6H,3-4,7-8H2,1-2H3. The lowest BCUT2D eigenvalue weighted by Crippen LogP contribution is -2.30. The minimum Gasteiger partial charge on any atom is -0.465 e. The second-order valence-corrected chi connectivity index (χ2v) is 4.01. The molecule has 4 nitrogen and oxygen atoms in total. The third kappa shape index (κ3) is 4.40. The van der Waals surface area contributed by atoms with Crippen LogP contribution in [0.5, 0.6) is 0 Å². The van der Waals surface area contributed by atoms with Crippen molar-refractivity contribution in [1.82, 2.24) is 9.88 Å². The molecule has 15 heavy (non-hydrogen) atoms. The van der Waals surface area contributed by atoms with E-state index in [1.165, 1.54) is 0 Å². The number of ether oxygens (including phenoxy) is 1. The summed E-state index contributed by atoms with van der Waals surface area (Å²) in [5.41, 5.74) is 0. The molecule has 0 radical (unpaired) electrons. The van der Waals surface area contributed by atoms with E-state index in [4.69, 9.17) is 4.74 Å². The van der Waals surface area contributed by atoms with E-state index in [0.717, 1.165) is 11.6 Å². The maximum Gasteiger partial charge on any atom is 0.320 e. The highest BCUT2D eigenvalue weighted by Crippen LogP contribution is 2.07. The second-order valence-electron chi connectivity index (χ2n) is 3.03. The molecule has 0 aliphatic rings. The van der Waals surface area contributed by atoms with Crippen molar-refractivity contribution in [3.63, 3.8) is 0 Å². The summed E-state index contributed by atoms with van der Waals surface area (Å²) < 4.78 is 4.90. The van der Waals surface area contributed by atoms with Crippen molar-refractivity contribution in [1.29, 1.82) is 0 Å². The van der Waals surface area contributed by atoms with E-state index in [2.05, 4.69) is 4.98 Å². The Morgan fingerprint density at radius 1 is 1.60 bits per heavy atom. The minimum atomic E-state index is -0.170. The molecule has 0 atom stereocenters. The third-order valence-electron chi connectivity index (χ3n) is 1.95. The van der Waals surface area contributed by atoms with E-state index in [9.17, 15) is 4.79 Å². The van der Waals surface area contributed by atoms with Crippen LogP contribution >= 0.6 is 11.3 Å². The molecular weight excluding hydrogens is 212 g/mol. The van der Waals surface area contributed by atoms with Gasteiger partial charge in [-0.05, 0) is 13.5 Å². The van der Waals surface area contributed by atoms with Gasteiger partial charge in [0.2, 0.25) is 0 Å². The van der Waals surface area contributed by atoms with E-state index in [-0.39, 0.29) is 5.97 Å². The average Bonchev–Trinajstić information content (AvgIpc) is 2.70. The van der Waals surface area contributed by atoms with Gasteiger partial charge in [0, 0.05) is 11.6 Å². The average molecular weight is 228 g/mol. The molecular formula is C10H16N2O2S. The molecule has 0 fully saturated rings. The lowest BCUT2D eigenvalue weighted by Gasteiger charge is -2.17. The zero-order valence-corrected chi connectivity index (χ0v) is 9.92. The van der Waals surface area contributed by atoms with Crippen LogP contribution in [0.4, 0.5) is 0 Å². The van der Waals surface area contributed by atoms with Gasteiger partial charge in [-0.2, -0.15) is 0 Å². The van der Waals surface area contributed by atoms with Gasteiger partial charge in [-0.25, -0.2) is 4.98 Å². The molecule has 0 N–H and O–H groups in total. The fourth-order valence-corrected chi connectivity index (χ4v) is 1.85. The molecule has 0 bridgehead atoms. The molecule has 0 amide bonds. The first kappa shape index (κ1) is 12.1. The van der Waals surface area contributed by atoms with E-state index >= 15 is 0 Å². The topological polar surface area (TPSA) is 42.4 Å². The maximum absolute atomic E-state index is 11.3. The van der Waals surface area contributed by atoms with Crippen LogP contribution < -0.4 is 0 Å². The predicted octanol–water partition coefficient (Wildman–Crippen LogP) is 1.53. The Bertz CT molecular complexity index is 288. The summed E-state index contributed by atoms with van der Waals surface area (Å²) in [6.45, 7) is 6.14. The Hall–Kier alpha value is -0.940. The zero-order valence-electron chi connectivity index (χ0n) is 9.10. The predicted molar refractivity (Wildman–Crippen MR) is 59.7 cm³/mol. The fourth-order valence-electron chi connectivity index (χ4n) is 1.19. The van der Waals surface area contributed by atoms with Gasteiger partial charge in [-0.15, -0.1) is 11.3 Å². The normalized spacial score (nSPS) is 10.6. The summed E-state index contributed by atoms with van der Waals surface area (Å²) in [4.78, 5) is 17.5. The van der Waals surface area contributed by atoms with Crippen LogP contribution in [0.3, 0.4) is 0 Å². The lowest BCUT2D eigenvalue weighted by molar-refractivity contribution is -0.144. The zero-order chi connectivity index (χ0) is 11.1. The number of likely N-dealkylation sites (N-methyl/N-ethyl adjacent to an activating group) is 1. The number of hydrogen-bond acceptors (Lipinski definition) is 5. The van der Waals surface area contributed by atoms with Crippen LogP contribution in [-0.2, 0) is 16.1 Å². The van der Waals surface area contributed by atoms with Crippen LogP contribution in [0.15, 0.2) is 11.6 Å². The van der Waals surface area contributed by atoms with Crippen molar-refractivity contribution >= 4 is 17.3 Å².